The number of aromatic nitrogens is 1. The highest BCUT2D eigenvalue weighted by molar-refractivity contribution is 9.11. The first-order chi connectivity index (χ1) is 13.5. The highest BCUT2D eigenvalue weighted by Crippen LogP contribution is 2.45. The molecule has 0 saturated carbocycles. The normalized spacial score (nSPS) is 10.5. The number of nitrogens with one attached hydrogen (secondary N) is 1. The largest absolute Gasteiger partial charge is 0.506 e. The fraction of sp³-hybridized carbons (Fsp3) is 0. The van der Waals surface area contributed by atoms with Crippen LogP contribution in [0.15, 0.2) is 57.1 Å². The minimum Gasteiger partial charge on any atom is -0.506 e. The number of nitrogens with zero attached hydrogens (tertiary/aromatic N) is 2. The number of rotatable bonds is 2. The molecule has 2 aromatic heterocycles. The van der Waals surface area contributed by atoms with Gasteiger partial charge in [0, 0.05) is 5.56 Å². The van der Waals surface area contributed by atoms with Crippen LogP contribution in [-0.4, -0.2) is 10.1 Å². The summed E-state index contributed by atoms with van der Waals surface area (Å²) < 4.78 is 0.745. The van der Waals surface area contributed by atoms with E-state index in [0.717, 1.165) is 26.0 Å². The van der Waals surface area contributed by atoms with Gasteiger partial charge in [-0.2, -0.15) is 10.5 Å². The van der Waals surface area contributed by atoms with E-state index in [0.29, 0.717) is 15.8 Å². The number of pyridine rings is 1. The first-order valence-corrected chi connectivity index (χ1v) is 9.72. The van der Waals surface area contributed by atoms with Gasteiger partial charge in [-0.25, -0.2) is 0 Å². The van der Waals surface area contributed by atoms with E-state index in [4.69, 9.17) is 10.5 Å². The zero-order chi connectivity index (χ0) is 19.8. The van der Waals surface area contributed by atoms with E-state index in [2.05, 4.69) is 27.0 Å². The highest BCUT2D eigenvalue weighted by Gasteiger charge is 2.20. The van der Waals surface area contributed by atoms with Crippen LogP contribution in [0, 0.1) is 22.7 Å². The van der Waals surface area contributed by atoms with Crippen LogP contribution in [0.1, 0.15) is 11.1 Å². The van der Waals surface area contributed by atoms with Gasteiger partial charge in [0.15, 0.2) is 5.56 Å². The number of hydrogen-bond donors (Lipinski definition) is 2. The Morgan fingerprint density at radius 2 is 1.50 bits per heavy atom. The summed E-state index contributed by atoms with van der Waals surface area (Å²) in [5, 5.41) is 29.0. The zero-order valence-electron chi connectivity index (χ0n) is 14.2. The molecule has 4 aromatic rings. The van der Waals surface area contributed by atoms with Crippen LogP contribution >= 0.6 is 27.3 Å². The zero-order valence-corrected chi connectivity index (χ0v) is 16.6. The number of H-pyrrole nitrogens is 1. The van der Waals surface area contributed by atoms with Crippen molar-refractivity contribution in [3.8, 4) is 40.1 Å². The first kappa shape index (κ1) is 18.0. The SMILES string of the molecule is N#Cc1ccc(-c2ccc(-c3c(Br)sc4[nH]c(=O)c(C#N)c(O)c34)cc2)cc1. The van der Waals surface area contributed by atoms with Crippen molar-refractivity contribution in [1.29, 1.82) is 10.5 Å². The molecule has 0 amide bonds. The van der Waals surface area contributed by atoms with Crippen LogP contribution in [0.3, 0.4) is 0 Å². The Morgan fingerprint density at radius 3 is 2.07 bits per heavy atom. The van der Waals surface area contributed by atoms with Crippen LogP contribution in [-0.2, 0) is 0 Å². The number of benzene rings is 2. The summed E-state index contributed by atoms with van der Waals surface area (Å²) in [6.45, 7) is 0. The molecule has 2 N–H and O–H groups in total. The molecule has 0 radical (unpaired) electrons. The molecular formula is C21H10BrN3O2S. The topological polar surface area (TPSA) is 101 Å². The Hall–Kier alpha value is -3.39. The Kier molecular flexibility index (Phi) is 4.48. The molecule has 7 heteroatoms. The molecule has 0 saturated heterocycles. The van der Waals surface area contributed by atoms with Crippen LogP contribution in [0.25, 0.3) is 32.5 Å². The second-order valence-electron chi connectivity index (χ2n) is 6.01. The molecule has 0 spiro atoms. The van der Waals surface area contributed by atoms with Crippen LogP contribution < -0.4 is 5.56 Å². The lowest BCUT2D eigenvalue weighted by molar-refractivity contribution is 0.479. The summed E-state index contributed by atoms with van der Waals surface area (Å²) in [6.07, 6.45) is 0. The predicted molar refractivity (Wildman–Crippen MR) is 112 cm³/mol. The minimum atomic E-state index is -0.607. The van der Waals surface area contributed by atoms with Gasteiger partial charge in [0.2, 0.25) is 0 Å². The van der Waals surface area contributed by atoms with Crippen molar-refractivity contribution in [3.05, 3.63) is 73.8 Å². The third-order valence-corrected chi connectivity index (χ3v) is 6.20. The van der Waals surface area contributed by atoms with Gasteiger partial charge in [0.25, 0.3) is 5.56 Å². The Morgan fingerprint density at radius 1 is 0.929 bits per heavy atom. The number of aromatic amines is 1. The summed E-state index contributed by atoms with van der Waals surface area (Å²) >= 11 is 4.79. The summed E-state index contributed by atoms with van der Waals surface area (Å²) in [5.74, 6) is -0.311. The van der Waals surface area contributed by atoms with Crippen molar-refractivity contribution in [2.75, 3.05) is 0 Å². The van der Waals surface area contributed by atoms with Crippen LogP contribution in [0.2, 0.25) is 0 Å². The van der Waals surface area contributed by atoms with Gasteiger partial charge in [-0.15, -0.1) is 11.3 Å². The average molecular weight is 448 g/mol. The number of aromatic hydroxyl groups is 1. The van der Waals surface area contributed by atoms with E-state index in [1.165, 1.54) is 11.3 Å². The Bertz CT molecular complexity index is 1360. The van der Waals surface area contributed by atoms with Crippen molar-refractivity contribution >= 4 is 37.5 Å². The number of fused-ring (bicyclic) bond motifs is 1. The summed E-state index contributed by atoms with van der Waals surface area (Å²) in [7, 11) is 0. The molecule has 0 bridgehead atoms. The summed E-state index contributed by atoms with van der Waals surface area (Å²) in [5.41, 5.74) is 3.22. The fourth-order valence-electron chi connectivity index (χ4n) is 3.04. The molecule has 4 rings (SSSR count). The molecule has 28 heavy (non-hydrogen) atoms. The molecule has 0 fully saturated rings. The van der Waals surface area contributed by atoms with Crippen molar-refractivity contribution in [1.82, 2.24) is 4.98 Å². The number of nitriles is 2. The molecule has 0 atom stereocenters. The lowest BCUT2D eigenvalue weighted by atomic mass is 9.99. The smallest absolute Gasteiger partial charge is 0.270 e. The van der Waals surface area contributed by atoms with Crippen molar-refractivity contribution in [2.24, 2.45) is 0 Å². The van der Waals surface area contributed by atoms with E-state index >= 15 is 0 Å². The van der Waals surface area contributed by atoms with Crippen LogP contribution in [0.4, 0.5) is 0 Å². The average Bonchev–Trinajstić information content (AvgIpc) is 3.04. The molecule has 0 aliphatic heterocycles. The quantitative estimate of drug-likeness (QED) is 0.444. The Balaban J connectivity index is 1.84. The first-order valence-electron chi connectivity index (χ1n) is 8.11. The monoisotopic (exact) mass is 447 g/mol. The maximum atomic E-state index is 11.9. The summed E-state index contributed by atoms with van der Waals surface area (Å²) in [6, 6.07) is 18.9. The minimum absolute atomic E-state index is 0.298. The number of halogens is 1. The molecule has 134 valence electrons. The maximum absolute atomic E-state index is 11.9. The van der Waals surface area contributed by atoms with Gasteiger partial charge in [0.1, 0.15) is 16.6 Å². The van der Waals surface area contributed by atoms with Gasteiger partial charge < -0.3 is 10.1 Å². The lowest BCUT2D eigenvalue weighted by Crippen LogP contribution is -2.09. The van der Waals surface area contributed by atoms with E-state index in [1.54, 1.807) is 18.2 Å². The van der Waals surface area contributed by atoms with Gasteiger partial charge in [-0.1, -0.05) is 36.4 Å². The van der Waals surface area contributed by atoms with Crippen LogP contribution in [0.5, 0.6) is 5.75 Å². The van der Waals surface area contributed by atoms with E-state index in [-0.39, 0.29) is 11.3 Å². The molecule has 5 nitrogen and oxygen atoms in total. The van der Waals surface area contributed by atoms with Gasteiger partial charge in [-0.3, -0.25) is 4.79 Å². The molecular weight excluding hydrogens is 438 g/mol. The number of thiophene rings is 1. The highest BCUT2D eigenvalue weighted by atomic mass is 79.9. The third-order valence-electron chi connectivity index (χ3n) is 4.43. The van der Waals surface area contributed by atoms with Gasteiger partial charge in [0.05, 0.1) is 20.8 Å². The molecule has 0 aliphatic rings. The van der Waals surface area contributed by atoms with Gasteiger partial charge in [-0.05, 0) is 44.8 Å². The standard InChI is InChI=1S/C21H10BrN3O2S/c22-19-16(17-18(26)15(10-24)20(27)25-21(17)28-19)14-7-5-13(6-8-14)12-3-1-11(9-23)2-4-12/h1-8H,(H2,25,26,27). The second kappa shape index (κ2) is 6.97. The Labute approximate surface area is 171 Å². The molecule has 0 aliphatic carbocycles. The van der Waals surface area contributed by atoms with Crippen molar-refractivity contribution in [2.45, 2.75) is 0 Å². The van der Waals surface area contributed by atoms with Crippen molar-refractivity contribution in [3.63, 3.8) is 0 Å². The van der Waals surface area contributed by atoms with E-state index < -0.39 is 5.56 Å². The lowest BCUT2D eigenvalue weighted by Gasteiger charge is -2.06. The van der Waals surface area contributed by atoms with Crippen molar-refractivity contribution < 1.29 is 5.11 Å². The molecule has 2 aromatic carbocycles. The third kappa shape index (κ3) is 2.87. The fourth-order valence-corrected chi connectivity index (χ4v) is 4.90. The number of hydrogen-bond acceptors (Lipinski definition) is 5. The molecule has 0 unspecified atom stereocenters. The van der Waals surface area contributed by atoms with E-state index in [1.807, 2.05) is 36.4 Å². The second-order valence-corrected chi connectivity index (χ2v) is 8.35. The molecule has 2 heterocycles. The van der Waals surface area contributed by atoms with E-state index in [9.17, 15) is 9.90 Å². The summed E-state index contributed by atoms with van der Waals surface area (Å²) in [4.78, 5) is 15.1. The maximum Gasteiger partial charge on any atom is 0.270 e. The predicted octanol–water partition coefficient (Wildman–Crippen LogP) is 5.14. The van der Waals surface area contributed by atoms with Gasteiger partial charge >= 0.3 is 0 Å².